The number of carbonyl (C=O) groups is 1. The molecule has 0 spiro atoms. The summed E-state index contributed by atoms with van der Waals surface area (Å²) in [5, 5.41) is 0. The van der Waals surface area contributed by atoms with Gasteiger partial charge in [0.05, 0.1) is 6.26 Å². The zero-order valence-corrected chi connectivity index (χ0v) is 9.64. The van der Waals surface area contributed by atoms with Gasteiger partial charge in [0.1, 0.15) is 18.7 Å². The van der Waals surface area contributed by atoms with Crippen LogP contribution < -0.4 is 0 Å². The van der Waals surface area contributed by atoms with Crippen LogP contribution in [0.2, 0.25) is 0 Å². The van der Waals surface area contributed by atoms with Gasteiger partial charge >= 0.3 is 5.97 Å². The van der Waals surface area contributed by atoms with E-state index in [1.165, 1.54) is 6.33 Å². The maximum Gasteiger partial charge on any atom is 0.357 e. The van der Waals surface area contributed by atoms with Crippen molar-refractivity contribution in [2.75, 3.05) is 0 Å². The van der Waals surface area contributed by atoms with Crippen LogP contribution in [0, 0.1) is 13.8 Å². The lowest BCUT2D eigenvalue weighted by atomic mass is 10.3. The van der Waals surface area contributed by atoms with Gasteiger partial charge in [0.25, 0.3) is 0 Å². The van der Waals surface area contributed by atoms with Gasteiger partial charge in [-0.25, -0.2) is 14.8 Å². The lowest BCUT2D eigenvalue weighted by molar-refractivity contribution is 0.0464. The van der Waals surface area contributed by atoms with Gasteiger partial charge in [-0.15, -0.1) is 0 Å². The molecule has 0 N–H and O–H groups in total. The molecule has 0 aliphatic heterocycles. The van der Waals surface area contributed by atoms with Crippen LogP contribution >= 0.6 is 0 Å². The van der Waals surface area contributed by atoms with Crippen molar-refractivity contribution in [2.45, 2.75) is 20.5 Å². The van der Waals surface area contributed by atoms with Crippen LogP contribution in [0.1, 0.15) is 27.5 Å². The summed E-state index contributed by atoms with van der Waals surface area (Å²) in [6.45, 7) is 3.79. The minimum atomic E-state index is -0.462. The molecule has 0 aliphatic rings. The average Bonchev–Trinajstić information content (AvgIpc) is 2.72. The molecule has 17 heavy (non-hydrogen) atoms. The molecule has 0 bridgehead atoms. The molecule has 0 aromatic carbocycles. The van der Waals surface area contributed by atoms with Crippen LogP contribution in [-0.2, 0) is 11.3 Å². The van der Waals surface area contributed by atoms with Crippen molar-refractivity contribution < 1.29 is 13.9 Å². The highest BCUT2D eigenvalue weighted by atomic mass is 16.5. The van der Waals surface area contributed by atoms with E-state index < -0.39 is 5.97 Å². The maximum atomic E-state index is 11.7. The van der Waals surface area contributed by atoms with E-state index in [0.717, 1.165) is 17.0 Å². The number of aryl methyl sites for hydroxylation is 2. The van der Waals surface area contributed by atoms with E-state index in [1.807, 2.05) is 6.92 Å². The van der Waals surface area contributed by atoms with E-state index in [0.29, 0.717) is 0 Å². The second-order valence-corrected chi connectivity index (χ2v) is 3.62. The topological polar surface area (TPSA) is 65.2 Å². The molecule has 0 fully saturated rings. The first-order valence-corrected chi connectivity index (χ1v) is 5.15. The number of hydrogen-bond acceptors (Lipinski definition) is 5. The first kappa shape index (κ1) is 11.3. The normalized spacial score (nSPS) is 10.2. The van der Waals surface area contributed by atoms with Crippen molar-refractivity contribution in [3.63, 3.8) is 0 Å². The highest BCUT2D eigenvalue weighted by Gasteiger charge is 2.10. The third-order valence-corrected chi connectivity index (χ3v) is 2.34. The zero-order chi connectivity index (χ0) is 12.3. The number of hydrogen-bond donors (Lipinski definition) is 0. The monoisotopic (exact) mass is 232 g/mol. The fourth-order valence-corrected chi connectivity index (χ4v) is 1.34. The Morgan fingerprint density at radius 1 is 1.41 bits per heavy atom. The van der Waals surface area contributed by atoms with Crippen LogP contribution in [0.5, 0.6) is 0 Å². The SMILES string of the molecule is Cc1cc(C(=O)OCc2ccoc2C)ncn1. The standard InChI is InChI=1S/C12H12N2O3/c1-8-5-11(14-7-13-8)12(15)17-6-10-3-4-16-9(10)2/h3-5,7H,6H2,1-2H3. The molecule has 0 aliphatic carbocycles. The number of ether oxygens (including phenoxy) is 1. The molecule has 0 saturated heterocycles. The molecular weight excluding hydrogens is 220 g/mol. The van der Waals surface area contributed by atoms with E-state index in [2.05, 4.69) is 9.97 Å². The van der Waals surface area contributed by atoms with Crippen molar-refractivity contribution in [1.29, 1.82) is 0 Å². The summed E-state index contributed by atoms with van der Waals surface area (Å²) < 4.78 is 10.2. The fourth-order valence-electron chi connectivity index (χ4n) is 1.34. The fraction of sp³-hybridized carbons (Fsp3) is 0.250. The Hall–Kier alpha value is -2.17. The molecule has 2 aromatic heterocycles. The zero-order valence-electron chi connectivity index (χ0n) is 9.64. The van der Waals surface area contributed by atoms with Crippen molar-refractivity contribution in [1.82, 2.24) is 9.97 Å². The van der Waals surface area contributed by atoms with Crippen molar-refractivity contribution >= 4 is 5.97 Å². The summed E-state index contributed by atoms with van der Waals surface area (Å²) in [5.74, 6) is 0.285. The van der Waals surface area contributed by atoms with Gasteiger partial charge in [0.15, 0.2) is 5.69 Å². The molecule has 2 rings (SSSR count). The number of nitrogens with zero attached hydrogens (tertiary/aromatic N) is 2. The summed E-state index contributed by atoms with van der Waals surface area (Å²) in [5.41, 5.74) is 1.84. The molecule has 5 heteroatoms. The van der Waals surface area contributed by atoms with Gasteiger partial charge in [-0.3, -0.25) is 0 Å². The largest absolute Gasteiger partial charge is 0.469 e. The highest BCUT2D eigenvalue weighted by molar-refractivity contribution is 5.87. The summed E-state index contributed by atoms with van der Waals surface area (Å²) in [4.78, 5) is 19.4. The Labute approximate surface area is 98.5 Å². The van der Waals surface area contributed by atoms with Gasteiger partial charge < -0.3 is 9.15 Å². The molecule has 0 saturated carbocycles. The maximum absolute atomic E-state index is 11.7. The lowest BCUT2D eigenvalue weighted by Gasteiger charge is -2.03. The van der Waals surface area contributed by atoms with Gasteiger partial charge in [-0.1, -0.05) is 0 Å². The van der Waals surface area contributed by atoms with Gasteiger partial charge in [-0.05, 0) is 26.0 Å². The smallest absolute Gasteiger partial charge is 0.357 e. The summed E-state index contributed by atoms with van der Waals surface area (Å²) in [6, 6.07) is 3.36. The molecule has 0 amide bonds. The molecule has 88 valence electrons. The predicted molar refractivity (Wildman–Crippen MR) is 59.3 cm³/mol. The summed E-state index contributed by atoms with van der Waals surface area (Å²) >= 11 is 0. The van der Waals surface area contributed by atoms with E-state index in [1.54, 1.807) is 25.3 Å². The quantitative estimate of drug-likeness (QED) is 0.757. The Balaban J connectivity index is 2.01. The van der Waals surface area contributed by atoms with E-state index in [4.69, 9.17) is 9.15 Å². The van der Waals surface area contributed by atoms with Crippen LogP contribution in [-0.4, -0.2) is 15.9 Å². The van der Waals surface area contributed by atoms with Crippen LogP contribution in [0.25, 0.3) is 0 Å². The number of esters is 1. The number of carbonyl (C=O) groups excluding carboxylic acids is 1. The molecule has 0 atom stereocenters. The van der Waals surface area contributed by atoms with Crippen molar-refractivity contribution in [3.8, 4) is 0 Å². The third kappa shape index (κ3) is 2.69. The number of rotatable bonds is 3. The molecule has 0 radical (unpaired) electrons. The lowest BCUT2D eigenvalue weighted by Crippen LogP contribution is -2.08. The summed E-state index contributed by atoms with van der Waals surface area (Å²) in [7, 11) is 0. The Bertz CT molecular complexity index is 534. The third-order valence-electron chi connectivity index (χ3n) is 2.34. The Morgan fingerprint density at radius 3 is 2.88 bits per heavy atom. The first-order chi connectivity index (χ1) is 8.16. The average molecular weight is 232 g/mol. The van der Waals surface area contributed by atoms with Crippen LogP contribution in [0.3, 0.4) is 0 Å². The van der Waals surface area contributed by atoms with E-state index >= 15 is 0 Å². The summed E-state index contributed by atoms with van der Waals surface area (Å²) in [6.07, 6.45) is 2.91. The van der Waals surface area contributed by atoms with E-state index in [9.17, 15) is 4.79 Å². The molecule has 5 nitrogen and oxygen atoms in total. The number of furan rings is 1. The van der Waals surface area contributed by atoms with Crippen LogP contribution in [0.4, 0.5) is 0 Å². The minimum absolute atomic E-state index is 0.185. The van der Waals surface area contributed by atoms with Crippen molar-refractivity contribution in [2.24, 2.45) is 0 Å². The second kappa shape index (κ2) is 4.78. The highest BCUT2D eigenvalue weighted by Crippen LogP contribution is 2.11. The van der Waals surface area contributed by atoms with Gasteiger partial charge in [0.2, 0.25) is 0 Å². The minimum Gasteiger partial charge on any atom is -0.469 e. The molecule has 2 aromatic rings. The van der Waals surface area contributed by atoms with Crippen LogP contribution in [0.15, 0.2) is 29.1 Å². The Kier molecular flexibility index (Phi) is 3.18. The molecule has 2 heterocycles. The van der Waals surface area contributed by atoms with Gasteiger partial charge in [-0.2, -0.15) is 0 Å². The van der Waals surface area contributed by atoms with Crippen molar-refractivity contribution in [3.05, 3.63) is 47.4 Å². The number of aromatic nitrogens is 2. The molecular formula is C12H12N2O3. The molecule has 0 unspecified atom stereocenters. The second-order valence-electron chi connectivity index (χ2n) is 3.62. The Morgan fingerprint density at radius 2 is 2.24 bits per heavy atom. The van der Waals surface area contributed by atoms with E-state index in [-0.39, 0.29) is 12.3 Å². The first-order valence-electron chi connectivity index (χ1n) is 5.15. The van der Waals surface area contributed by atoms with Gasteiger partial charge in [0, 0.05) is 11.3 Å². The predicted octanol–water partition coefficient (Wildman–Crippen LogP) is 2.04.